The van der Waals surface area contributed by atoms with E-state index in [2.05, 4.69) is 32.2 Å². The van der Waals surface area contributed by atoms with E-state index in [4.69, 9.17) is 5.73 Å². The maximum Gasteiger partial charge on any atom is 0.219 e. The number of carbonyl (C=O) groups excluding carboxylic acids is 1. The van der Waals surface area contributed by atoms with Crippen molar-refractivity contribution in [3.63, 3.8) is 0 Å². The first-order valence-electron chi connectivity index (χ1n) is 11.6. The molecule has 2 aromatic carbocycles. The molecule has 2 aliphatic rings. The number of ketones is 1. The van der Waals surface area contributed by atoms with Crippen LogP contribution in [0.15, 0.2) is 80.0 Å². The van der Waals surface area contributed by atoms with E-state index in [0.29, 0.717) is 33.7 Å². The van der Waals surface area contributed by atoms with Gasteiger partial charge in [0.1, 0.15) is 11.6 Å². The fraction of sp³-hybridized carbons (Fsp3) is 0.259. The van der Waals surface area contributed by atoms with Gasteiger partial charge in [-0.25, -0.2) is 4.39 Å². The van der Waals surface area contributed by atoms with Gasteiger partial charge < -0.3 is 5.73 Å². The monoisotopic (exact) mass is 595 g/mol. The predicted molar refractivity (Wildman–Crippen MR) is 147 cm³/mol. The highest BCUT2D eigenvalue weighted by Crippen LogP contribution is 2.51. The van der Waals surface area contributed by atoms with Gasteiger partial charge in [-0.2, -0.15) is 5.26 Å². The summed E-state index contributed by atoms with van der Waals surface area (Å²) in [6.07, 6.45) is 0.810. The van der Waals surface area contributed by atoms with Crippen molar-refractivity contribution in [3.05, 3.63) is 92.6 Å². The number of hydrogen-bond donors (Lipinski definition) is 1. The molecule has 2 N–H and O–H groups in total. The number of aromatic nitrogens is 2. The van der Waals surface area contributed by atoms with Crippen molar-refractivity contribution in [2.24, 2.45) is 11.1 Å². The number of nitriles is 1. The molecule has 0 spiro atoms. The van der Waals surface area contributed by atoms with Gasteiger partial charge in [-0.15, -0.1) is 10.2 Å². The number of carbonyl (C=O) groups is 1. The van der Waals surface area contributed by atoms with Crippen LogP contribution in [0.5, 0.6) is 0 Å². The second kappa shape index (κ2) is 10.0. The first-order chi connectivity index (χ1) is 17.7. The van der Waals surface area contributed by atoms with Crippen molar-refractivity contribution < 1.29 is 9.18 Å². The molecule has 6 nitrogen and oxygen atoms in total. The van der Waals surface area contributed by atoms with Crippen molar-refractivity contribution >= 4 is 49.9 Å². The third kappa shape index (κ3) is 4.96. The Kier molecular flexibility index (Phi) is 6.96. The number of Topliss-reactive ketones (excluding diaryl/α,β-unsaturated/α-hetero) is 1. The fourth-order valence-corrected chi connectivity index (χ4v) is 7.06. The molecule has 3 aromatic rings. The quantitative estimate of drug-likeness (QED) is 0.329. The minimum absolute atomic E-state index is 0.121. The molecule has 0 fully saturated rings. The first-order valence-corrected chi connectivity index (χ1v) is 14.2. The predicted octanol–water partition coefficient (Wildman–Crippen LogP) is 6.67. The minimum Gasteiger partial charge on any atom is -0.384 e. The molecule has 5 rings (SSSR count). The SMILES string of the molecule is CC1(C)CC(=O)C2=C(C1)N(c1nnc(SCc3ccccc3)s1)C(N)=C(C#N)C2c1cc(Br)ccc1F. The van der Waals surface area contributed by atoms with Gasteiger partial charge >= 0.3 is 0 Å². The summed E-state index contributed by atoms with van der Waals surface area (Å²) in [5, 5.41) is 19.4. The number of allylic oxidation sites excluding steroid dienone is 3. The molecule has 0 saturated heterocycles. The van der Waals surface area contributed by atoms with Crippen LogP contribution in [0.25, 0.3) is 0 Å². The highest BCUT2D eigenvalue weighted by Gasteiger charge is 2.46. The molecule has 1 aromatic heterocycles. The maximum absolute atomic E-state index is 15.1. The molecule has 0 saturated carbocycles. The molecule has 10 heteroatoms. The smallest absolute Gasteiger partial charge is 0.219 e. The largest absolute Gasteiger partial charge is 0.384 e. The Hall–Kier alpha value is -3.00. The number of anilines is 1. The summed E-state index contributed by atoms with van der Waals surface area (Å²) in [5.41, 5.74) is 8.87. The molecule has 1 aliphatic carbocycles. The summed E-state index contributed by atoms with van der Waals surface area (Å²) in [6.45, 7) is 4.03. The van der Waals surface area contributed by atoms with Crippen LogP contribution in [0.3, 0.4) is 0 Å². The van der Waals surface area contributed by atoms with Crippen LogP contribution < -0.4 is 10.6 Å². The number of halogens is 2. The highest BCUT2D eigenvalue weighted by atomic mass is 79.9. The topological polar surface area (TPSA) is 95.9 Å². The number of benzene rings is 2. The lowest BCUT2D eigenvalue weighted by Crippen LogP contribution is -2.42. The molecular formula is C27H23BrFN5OS2. The lowest BCUT2D eigenvalue weighted by molar-refractivity contribution is -0.118. The van der Waals surface area contributed by atoms with Crippen molar-refractivity contribution in [2.45, 2.75) is 42.7 Å². The molecule has 2 heterocycles. The normalized spacial score (nSPS) is 19.2. The molecule has 37 heavy (non-hydrogen) atoms. The summed E-state index contributed by atoms with van der Waals surface area (Å²) >= 11 is 6.30. The van der Waals surface area contributed by atoms with E-state index in [1.165, 1.54) is 17.4 Å². The molecule has 188 valence electrons. The second-order valence-corrected chi connectivity index (χ2v) is 12.9. The summed E-state index contributed by atoms with van der Waals surface area (Å²) in [4.78, 5) is 15.3. The molecule has 1 atom stereocenters. The summed E-state index contributed by atoms with van der Waals surface area (Å²) in [6, 6.07) is 16.8. The van der Waals surface area contributed by atoms with Crippen molar-refractivity contribution in [3.8, 4) is 6.07 Å². The Morgan fingerprint density at radius 3 is 2.73 bits per heavy atom. The van der Waals surface area contributed by atoms with Crippen LogP contribution in [-0.2, 0) is 10.5 Å². The van der Waals surface area contributed by atoms with Gasteiger partial charge in [0.25, 0.3) is 0 Å². The molecule has 0 amide bonds. The van der Waals surface area contributed by atoms with E-state index in [9.17, 15) is 10.1 Å². The third-order valence-corrected chi connectivity index (χ3v) is 9.05. The van der Waals surface area contributed by atoms with Crippen LogP contribution in [0.1, 0.15) is 43.7 Å². The number of rotatable bonds is 5. The Balaban J connectivity index is 1.61. The Morgan fingerprint density at radius 1 is 1.24 bits per heavy atom. The van der Waals surface area contributed by atoms with Gasteiger partial charge in [-0.1, -0.05) is 83.2 Å². The average Bonchev–Trinajstić information content (AvgIpc) is 3.32. The summed E-state index contributed by atoms with van der Waals surface area (Å²) in [5.74, 6) is -0.635. The molecule has 0 bridgehead atoms. The number of hydrogen-bond acceptors (Lipinski definition) is 8. The van der Waals surface area contributed by atoms with E-state index in [0.717, 1.165) is 15.7 Å². The Bertz CT molecular complexity index is 1490. The lowest BCUT2D eigenvalue weighted by atomic mass is 9.68. The fourth-order valence-electron chi connectivity index (χ4n) is 4.84. The number of nitrogens with two attached hydrogens (primary N) is 1. The van der Waals surface area contributed by atoms with Crippen molar-refractivity contribution in [1.29, 1.82) is 5.26 Å². The highest BCUT2D eigenvalue weighted by molar-refractivity contribution is 9.10. The number of nitrogens with zero attached hydrogens (tertiary/aromatic N) is 4. The van der Waals surface area contributed by atoms with Crippen LogP contribution in [0.4, 0.5) is 9.52 Å². The van der Waals surface area contributed by atoms with E-state index in [1.54, 1.807) is 28.8 Å². The lowest BCUT2D eigenvalue weighted by Gasteiger charge is -2.42. The van der Waals surface area contributed by atoms with E-state index in [1.807, 2.05) is 44.2 Å². The molecule has 1 unspecified atom stereocenters. The second-order valence-electron chi connectivity index (χ2n) is 9.77. The van der Waals surface area contributed by atoms with Crippen LogP contribution >= 0.6 is 39.0 Å². The van der Waals surface area contributed by atoms with Crippen molar-refractivity contribution in [2.75, 3.05) is 4.90 Å². The summed E-state index contributed by atoms with van der Waals surface area (Å²) < 4.78 is 16.5. The van der Waals surface area contributed by atoms with Gasteiger partial charge in [0, 0.05) is 33.5 Å². The first kappa shape index (κ1) is 25.6. The molecular weight excluding hydrogens is 573 g/mol. The number of thioether (sulfide) groups is 1. The van der Waals surface area contributed by atoms with Gasteiger partial charge in [-0.3, -0.25) is 9.69 Å². The Morgan fingerprint density at radius 2 is 2.00 bits per heavy atom. The minimum atomic E-state index is -0.891. The van der Waals surface area contributed by atoms with Gasteiger partial charge in [0.15, 0.2) is 10.1 Å². The van der Waals surface area contributed by atoms with Crippen LogP contribution in [0, 0.1) is 22.6 Å². The van der Waals surface area contributed by atoms with E-state index < -0.39 is 11.7 Å². The maximum atomic E-state index is 15.1. The summed E-state index contributed by atoms with van der Waals surface area (Å²) in [7, 11) is 0. The van der Waals surface area contributed by atoms with Gasteiger partial charge in [0.05, 0.1) is 17.6 Å². The van der Waals surface area contributed by atoms with Crippen molar-refractivity contribution in [1.82, 2.24) is 10.2 Å². The van der Waals surface area contributed by atoms with E-state index in [-0.39, 0.29) is 28.2 Å². The van der Waals surface area contributed by atoms with E-state index >= 15 is 4.39 Å². The zero-order valence-corrected chi connectivity index (χ0v) is 23.4. The van der Waals surface area contributed by atoms with Crippen LogP contribution in [-0.4, -0.2) is 16.0 Å². The van der Waals surface area contributed by atoms with Gasteiger partial charge in [0.2, 0.25) is 5.13 Å². The third-order valence-electron chi connectivity index (χ3n) is 6.44. The van der Waals surface area contributed by atoms with Gasteiger partial charge in [-0.05, 0) is 35.6 Å². The van der Waals surface area contributed by atoms with Crippen LogP contribution in [0.2, 0.25) is 0 Å². The average molecular weight is 597 g/mol. The zero-order chi connectivity index (χ0) is 26.3. The standard InChI is InChI=1S/C27H23BrFN5OS2/c1-27(2)11-20-23(21(35)12-27)22(17-10-16(28)8-9-19(17)29)18(13-30)24(31)34(20)25-32-33-26(37-25)36-14-15-6-4-3-5-7-15/h3-10,22H,11-12,14,31H2,1-2H3. The molecule has 1 aliphatic heterocycles. The molecule has 0 radical (unpaired) electrons. The zero-order valence-electron chi connectivity index (χ0n) is 20.2. The Labute approximate surface area is 231 Å².